The molecule has 0 radical (unpaired) electrons. The Morgan fingerprint density at radius 2 is 1.80 bits per heavy atom. The molecule has 3 rings (SSSR count). The van der Waals surface area contributed by atoms with Crippen LogP contribution in [-0.2, 0) is 4.79 Å². The number of piperidine rings is 1. The molecule has 0 atom stereocenters. The van der Waals surface area contributed by atoms with Crippen LogP contribution in [0.3, 0.4) is 0 Å². The Labute approximate surface area is 182 Å². The molecule has 1 aliphatic carbocycles. The molecular weight excluding hydrogens is 441 g/mol. The minimum atomic E-state index is -4.51. The van der Waals surface area contributed by atoms with Crippen LogP contribution in [-0.4, -0.2) is 58.1 Å². The number of nitrogens with zero attached hydrogens (tertiary/aromatic N) is 3. The molecule has 2 heterocycles. The van der Waals surface area contributed by atoms with Crippen LogP contribution in [0, 0.1) is 5.92 Å². The first kappa shape index (κ1) is 23.1. The van der Waals surface area contributed by atoms with Gasteiger partial charge in [-0.25, -0.2) is 9.78 Å². The van der Waals surface area contributed by atoms with Crippen molar-refractivity contribution < 1.29 is 22.8 Å². The Hall–Kier alpha value is -1.55. The average molecular weight is 467 g/mol. The van der Waals surface area contributed by atoms with Crippen LogP contribution in [0.5, 0.6) is 0 Å². The SMILES string of the molecule is CC1CCC(N(C(=O)Nc2ncc(Cl)s2)C2CCN(C(=O)CC(F)(F)F)CC2)CC1. The lowest BCUT2D eigenvalue weighted by Crippen LogP contribution is -2.54. The Morgan fingerprint density at radius 3 is 2.33 bits per heavy atom. The predicted octanol–water partition coefficient (Wildman–Crippen LogP) is 5.15. The second kappa shape index (κ2) is 9.72. The van der Waals surface area contributed by atoms with Crippen LogP contribution in [0.25, 0.3) is 0 Å². The van der Waals surface area contributed by atoms with Crippen LogP contribution in [0.15, 0.2) is 6.20 Å². The maximum Gasteiger partial charge on any atom is 0.397 e. The number of thiazole rings is 1. The molecule has 1 saturated carbocycles. The van der Waals surface area contributed by atoms with Gasteiger partial charge < -0.3 is 9.80 Å². The largest absolute Gasteiger partial charge is 0.397 e. The number of carbonyl (C=O) groups excluding carboxylic acids is 2. The molecule has 2 aliphatic rings. The zero-order valence-electron chi connectivity index (χ0n) is 16.8. The van der Waals surface area contributed by atoms with E-state index >= 15 is 0 Å². The number of alkyl halides is 3. The van der Waals surface area contributed by atoms with Crippen LogP contribution in [0.4, 0.5) is 23.1 Å². The lowest BCUT2D eigenvalue weighted by molar-refractivity contribution is -0.162. The molecule has 1 saturated heterocycles. The maximum absolute atomic E-state index is 13.1. The first-order valence-electron chi connectivity index (χ1n) is 10.2. The number of carbonyl (C=O) groups is 2. The van der Waals surface area contributed by atoms with E-state index in [1.54, 1.807) is 0 Å². The van der Waals surface area contributed by atoms with Gasteiger partial charge in [-0.15, -0.1) is 0 Å². The van der Waals surface area contributed by atoms with E-state index in [2.05, 4.69) is 17.2 Å². The number of likely N-dealkylation sites (tertiary alicyclic amines) is 1. The van der Waals surface area contributed by atoms with Crippen molar-refractivity contribution in [1.29, 1.82) is 0 Å². The van der Waals surface area contributed by atoms with Crippen molar-refractivity contribution in [3.05, 3.63) is 10.5 Å². The highest BCUT2D eigenvalue weighted by atomic mass is 35.5. The third-order valence-electron chi connectivity index (χ3n) is 5.87. The molecule has 0 spiro atoms. The first-order valence-corrected chi connectivity index (χ1v) is 11.4. The fourth-order valence-corrected chi connectivity index (χ4v) is 5.10. The Kier molecular flexibility index (Phi) is 7.49. The smallest absolute Gasteiger partial charge is 0.342 e. The second-order valence-corrected chi connectivity index (χ2v) is 9.79. The standard InChI is InChI=1S/C19H26ClF3N4O2S/c1-12-2-4-13(5-3-12)27(18(29)25-17-24-11-15(20)30-17)14-6-8-26(9-7-14)16(28)10-19(21,22)23/h11-14H,2-10H2,1H3,(H,24,25,29). The van der Waals surface area contributed by atoms with Gasteiger partial charge in [0.15, 0.2) is 5.13 Å². The Balaban J connectivity index is 1.66. The van der Waals surface area contributed by atoms with Crippen molar-refractivity contribution in [2.24, 2.45) is 5.92 Å². The summed E-state index contributed by atoms with van der Waals surface area (Å²) in [6, 6.07) is -0.325. The second-order valence-electron chi connectivity index (χ2n) is 8.12. The van der Waals surface area contributed by atoms with Gasteiger partial charge in [0.2, 0.25) is 5.91 Å². The summed E-state index contributed by atoms with van der Waals surface area (Å²) in [6.07, 6.45) is 0.283. The van der Waals surface area contributed by atoms with E-state index in [1.165, 1.54) is 22.4 Å². The zero-order valence-corrected chi connectivity index (χ0v) is 18.3. The van der Waals surface area contributed by atoms with Gasteiger partial charge in [0.1, 0.15) is 10.8 Å². The molecular formula is C19H26ClF3N4O2S. The van der Waals surface area contributed by atoms with Crippen molar-refractivity contribution in [3.63, 3.8) is 0 Å². The number of nitrogens with one attached hydrogen (secondary N) is 1. The maximum atomic E-state index is 13.1. The van der Waals surface area contributed by atoms with Crippen molar-refractivity contribution in [1.82, 2.24) is 14.8 Å². The highest BCUT2D eigenvalue weighted by molar-refractivity contribution is 7.19. The summed E-state index contributed by atoms with van der Waals surface area (Å²) in [5, 5.41) is 3.23. The first-order chi connectivity index (χ1) is 14.1. The molecule has 0 bridgehead atoms. The molecule has 11 heteroatoms. The number of anilines is 1. The molecule has 0 unspecified atom stereocenters. The number of hydrogen-bond acceptors (Lipinski definition) is 4. The summed E-state index contributed by atoms with van der Waals surface area (Å²) in [4.78, 5) is 32.2. The van der Waals surface area contributed by atoms with Gasteiger partial charge in [-0.2, -0.15) is 13.2 Å². The van der Waals surface area contributed by atoms with E-state index in [9.17, 15) is 22.8 Å². The third kappa shape index (κ3) is 6.23. The van der Waals surface area contributed by atoms with Crippen molar-refractivity contribution in [2.75, 3.05) is 18.4 Å². The lowest BCUT2D eigenvalue weighted by Gasteiger charge is -2.44. The Bertz CT molecular complexity index is 744. The van der Waals surface area contributed by atoms with Crippen LogP contribution < -0.4 is 5.32 Å². The number of urea groups is 1. The zero-order chi connectivity index (χ0) is 21.9. The summed E-state index contributed by atoms with van der Waals surface area (Å²) in [7, 11) is 0. The fraction of sp³-hybridized carbons (Fsp3) is 0.737. The van der Waals surface area contributed by atoms with Gasteiger partial charge in [0.05, 0.1) is 6.20 Å². The number of halogens is 4. The molecule has 0 aromatic carbocycles. The quantitative estimate of drug-likeness (QED) is 0.667. The summed E-state index contributed by atoms with van der Waals surface area (Å²) in [5.74, 6) is -0.286. The van der Waals surface area contributed by atoms with Gasteiger partial charge in [0.25, 0.3) is 0 Å². The minimum Gasteiger partial charge on any atom is -0.342 e. The number of aromatic nitrogens is 1. The summed E-state index contributed by atoms with van der Waals surface area (Å²) in [6.45, 7) is 2.63. The van der Waals surface area contributed by atoms with Gasteiger partial charge in [-0.3, -0.25) is 10.1 Å². The highest BCUT2D eigenvalue weighted by Crippen LogP contribution is 2.32. The van der Waals surface area contributed by atoms with E-state index < -0.39 is 18.5 Å². The molecule has 3 amide bonds. The number of hydrogen-bond donors (Lipinski definition) is 1. The molecule has 2 fully saturated rings. The van der Waals surface area contributed by atoms with Gasteiger partial charge in [0, 0.05) is 25.2 Å². The lowest BCUT2D eigenvalue weighted by atomic mass is 9.85. The highest BCUT2D eigenvalue weighted by Gasteiger charge is 2.38. The van der Waals surface area contributed by atoms with E-state index in [1.807, 2.05) is 4.90 Å². The third-order valence-corrected chi connectivity index (χ3v) is 6.90. The van der Waals surface area contributed by atoms with Crippen molar-refractivity contribution in [2.45, 2.75) is 70.1 Å². The molecule has 1 aliphatic heterocycles. The monoisotopic (exact) mass is 466 g/mol. The fourth-order valence-electron chi connectivity index (χ4n) is 4.30. The van der Waals surface area contributed by atoms with Crippen LogP contribution in [0.2, 0.25) is 4.34 Å². The normalized spacial score (nSPS) is 23.3. The van der Waals surface area contributed by atoms with Gasteiger partial charge >= 0.3 is 12.2 Å². The summed E-state index contributed by atoms with van der Waals surface area (Å²) < 4.78 is 38.1. The number of rotatable bonds is 4. The van der Waals surface area contributed by atoms with E-state index in [4.69, 9.17) is 11.6 Å². The number of amides is 3. The molecule has 1 aromatic heterocycles. The van der Waals surface area contributed by atoms with E-state index in [0.29, 0.717) is 28.2 Å². The van der Waals surface area contributed by atoms with Crippen molar-refractivity contribution in [3.8, 4) is 0 Å². The minimum absolute atomic E-state index is 0.0686. The van der Waals surface area contributed by atoms with Crippen LogP contribution in [0.1, 0.15) is 51.9 Å². The Morgan fingerprint density at radius 1 is 1.20 bits per heavy atom. The molecule has 1 N–H and O–H groups in total. The summed E-state index contributed by atoms with van der Waals surface area (Å²) in [5.41, 5.74) is 0. The molecule has 30 heavy (non-hydrogen) atoms. The molecule has 168 valence electrons. The van der Waals surface area contributed by atoms with E-state index in [0.717, 1.165) is 25.7 Å². The predicted molar refractivity (Wildman–Crippen MR) is 110 cm³/mol. The molecule has 1 aromatic rings. The van der Waals surface area contributed by atoms with Crippen LogP contribution >= 0.6 is 22.9 Å². The van der Waals surface area contributed by atoms with Crippen molar-refractivity contribution >= 4 is 40.0 Å². The molecule has 6 nitrogen and oxygen atoms in total. The van der Waals surface area contributed by atoms with E-state index in [-0.39, 0.29) is 31.2 Å². The topological polar surface area (TPSA) is 65.5 Å². The van der Waals surface area contributed by atoms with Gasteiger partial charge in [-0.1, -0.05) is 29.9 Å². The summed E-state index contributed by atoms with van der Waals surface area (Å²) >= 11 is 7.07. The average Bonchev–Trinajstić information content (AvgIpc) is 3.07. The van der Waals surface area contributed by atoms with Gasteiger partial charge in [-0.05, 0) is 44.4 Å².